The van der Waals surface area contributed by atoms with Crippen LogP contribution in [0.4, 0.5) is 9.59 Å². The second kappa shape index (κ2) is 23.1. The van der Waals surface area contributed by atoms with Gasteiger partial charge < -0.3 is 29.1 Å². The number of carboxylic acids is 1. The molecule has 4 fully saturated rings. The molecule has 63 heavy (non-hydrogen) atoms. The van der Waals surface area contributed by atoms with Crippen molar-refractivity contribution in [1.82, 2.24) is 19.6 Å². The molecule has 344 valence electrons. The number of aliphatic carboxylic acids is 1. The van der Waals surface area contributed by atoms with Crippen LogP contribution >= 0.6 is 34.8 Å². The van der Waals surface area contributed by atoms with Crippen LogP contribution in [0.15, 0.2) is 48.5 Å². The molecule has 19 heteroatoms. The summed E-state index contributed by atoms with van der Waals surface area (Å²) in [5.74, 6) is -1.97. The lowest BCUT2D eigenvalue weighted by molar-refractivity contribution is -0.161. The minimum absolute atomic E-state index is 0.0177. The summed E-state index contributed by atoms with van der Waals surface area (Å²) in [7, 11) is 3.05. The standard InChI is InChI=1S/C22H27ClN2O6.C15H17Cl2NO3.C7H11NO3/c1-15(26)25-13-7-10-18(25)20(28)30-14-31-21(29)24(2)22(12-6-5-11-19(22)27)16-8-3-4-9-17(16)23;1-18(14(20)21-10-16)15(9-5-4-8-13(15)19)11-6-2-3-7-12(11)17;1-5(9)8-4-2-3-6(8)7(10)11/h3-4,8-9,18H,5-7,10-14H2,1-2H3;2-3,6-7H,4-5,8-10H2,1H3;6H,2-4H2,1H3,(H,10,11)/t18?,22-;15-;/m00./s1. The van der Waals surface area contributed by atoms with Crippen LogP contribution < -0.4 is 0 Å². The molecular formula is C44H55Cl3N4O12. The highest BCUT2D eigenvalue weighted by molar-refractivity contribution is 6.32. The fourth-order valence-corrected chi connectivity index (χ4v) is 9.51. The number of esters is 1. The molecule has 0 radical (unpaired) electrons. The minimum atomic E-state index is -1.23. The van der Waals surface area contributed by atoms with Gasteiger partial charge in [0.25, 0.3) is 0 Å². The first-order valence-corrected chi connectivity index (χ1v) is 22.1. The zero-order chi connectivity index (χ0) is 46.5. The number of hydrogen-bond donors (Lipinski definition) is 1. The molecular weight excluding hydrogens is 883 g/mol. The van der Waals surface area contributed by atoms with Crippen molar-refractivity contribution >= 4 is 82.3 Å². The molecule has 4 aliphatic rings. The lowest BCUT2D eigenvalue weighted by Crippen LogP contribution is -2.54. The molecule has 2 saturated heterocycles. The van der Waals surface area contributed by atoms with Crippen molar-refractivity contribution in [1.29, 1.82) is 0 Å². The highest BCUT2D eigenvalue weighted by Crippen LogP contribution is 2.44. The number of amides is 4. The highest BCUT2D eigenvalue weighted by atomic mass is 35.5. The van der Waals surface area contributed by atoms with E-state index in [1.54, 1.807) is 49.5 Å². The smallest absolute Gasteiger partial charge is 0.413 e. The van der Waals surface area contributed by atoms with Crippen molar-refractivity contribution in [2.45, 2.75) is 114 Å². The van der Waals surface area contributed by atoms with Crippen LogP contribution in [0.3, 0.4) is 0 Å². The van der Waals surface area contributed by atoms with Crippen molar-refractivity contribution in [3.63, 3.8) is 0 Å². The van der Waals surface area contributed by atoms with Crippen LogP contribution in [-0.4, -0.2) is 124 Å². The molecule has 2 saturated carbocycles. The summed E-state index contributed by atoms with van der Waals surface area (Å²) in [4.78, 5) is 101. The topological polar surface area (TPSA) is 197 Å². The number of Topliss-reactive ketones (excluding diaryl/α,β-unsaturated/α-hetero) is 2. The van der Waals surface area contributed by atoms with Crippen LogP contribution in [0.25, 0.3) is 0 Å². The zero-order valence-corrected chi connectivity index (χ0v) is 38.2. The molecule has 0 spiro atoms. The van der Waals surface area contributed by atoms with Crippen LogP contribution in [-0.2, 0) is 54.1 Å². The van der Waals surface area contributed by atoms with E-state index in [9.17, 15) is 38.4 Å². The predicted octanol–water partition coefficient (Wildman–Crippen LogP) is 7.28. The summed E-state index contributed by atoms with van der Waals surface area (Å²) in [6, 6.07) is 12.6. The maximum atomic E-state index is 13.0. The second-order valence-electron chi connectivity index (χ2n) is 15.6. The molecule has 1 N–H and O–H groups in total. The Morgan fingerprint density at radius 3 is 1.49 bits per heavy atom. The van der Waals surface area contributed by atoms with E-state index in [2.05, 4.69) is 0 Å². The number of hydrogen-bond acceptors (Lipinski definition) is 11. The van der Waals surface area contributed by atoms with Gasteiger partial charge in [0.05, 0.1) is 0 Å². The fourth-order valence-electron chi connectivity index (χ4n) is 8.83. The number of alkyl halides is 1. The van der Waals surface area contributed by atoms with Gasteiger partial charge in [-0.3, -0.25) is 29.0 Å². The van der Waals surface area contributed by atoms with Gasteiger partial charge in [-0.15, -0.1) is 0 Å². The maximum Gasteiger partial charge on any atom is 0.413 e. The molecule has 2 heterocycles. The maximum absolute atomic E-state index is 13.0. The van der Waals surface area contributed by atoms with E-state index in [0.29, 0.717) is 79.2 Å². The summed E-state index contributed by atoms with van der Waals surface area (Å²) in [5, 5.41) is 9.51. The van der Waals surface area contributed by atoms with E-state index in [-0.39, 0.29) is 29.4 Å². The van der Waals surface area contributed by atoms with Gasteiger partial charge in [-0.25, -0.2) is 19.2 Å². The SMILES string of the molecule is CC(=O)N1CCCC1C(=O)O.CC(=O)N1CCCC1C(=O)OCOC(=O)N(C)[C@]1(c2ccccc2Cl)CCCCC1=O.CN(C(=O)OCCl)[C@]1(c2ccccc2Cl)CCCCC1=O. The Labute approximate surface area is 382 Å². The molecule has 6 rings (SSSR count). The lowest BCUT2D eigenvalue weighted by atomic mass is 9.74. The van der Waals surface area contributed by atoms with Gasteiger partial charge in [-0.2, -0.15) is 0 Å². The Morgan fingerprint density at radius 2 is 1.10 bits per heavy atom. The highest BCUT2D eigenvalue weighted by Gasteiger charge is 2.50. The zero-order valence-electron chi connectivity index (χ0n) is 35.9. The third kappa shape index (κ3) is 11.6. The summed E-state index contributed by atoms with van der Waals surface area (Å²) < 4.78 is 15.1. The molecule has 2 unspecified atom stereocenters. The number of likely N-dealkylation sites (N-methyl/N-ethyl adjacent to an activating group) is 2. The first-order valence-electron chi connectivity index (χ1n) is 20.8. The van der Waals surface area contributed by atoms with E-state index in [1.165, 1.54) is 40.5 Å². The third-order valence-electron chi connectivity index (χ3n) is 12.1. The monoisotopic (exact) mass is 936 g/mol. The first kappa shape index (κ1) is 50.7. The number of carbonyl (C=O) groups excluding carboxylic acids is 7. The van der Waals surface area contributed by atoms with Crippen molar-refractivity contribution in [2.75, 3.05) is 40.0 Å². The number of carbonyl (C=O) groups is 8. The minimum Gasteiger partial charge on any atom is -0.480 e. The van der Waals surface area contributed by atoms with E-state index in [0.717, 1.165) is 32.1 Å². The van der Waals surface area contributed by atoms with Gasteiger partial charge in [-0.1, -0.05) is 71.2 Å². The van der Waals surface area contributed by atoms with E-state index >= 15 is 0 Å². The summed E-state index contributed by atoms with van der Waals surface area (Å²) in [6.45, 7) is 3.29. The van der Waals surface area contributed by atoms with E-state index in [4.69, 9.17) is 54.1 Å². The molecule has 2 aliphatic heterocycles. The molecule has 4 atom stereocenters. The van der Waals surface area contributed by atoms with E-state index in [1.807, 2.05) is 6.07 Å². The van der Waals surface area contributed by atoms with Crippen LogP contribution in [0.1, 0.15) is 102 Å². The lowest BCUT2D eigenvalue weighted by Gasteiger charge is -2.43. The van der Waals surface area contributed by atoms with Crippen molar-refractivity contribution in [3.8, 4) is 0 Å². The number of ether oxygens (including phenoxy) is 3. The second-order valence-corrected chi connectivity index (χ2v) is 16.7. The Morgan fingerprint density at radius 1 is 0.667 bits per heavy atom. The molecule has 0 aromatic heterocycles. The average Bonchev–Trinajstić information content (AvgIpc) is 3.97. The van der Waals surface area contributed by atoms with Gasteiger partial charge in [0.2, 0.25) is 18.6 Å². The van der Waals surface area contributed by atoms with Gasteiger partial charge in [0, 0.05) is 75.0 Å². The molecule has 4 amide bonds. The van der Waals surface area contributed by atoms with Crippen LogP contribution in [0.2, 0.25) is 10.0 Å². The Kier molecular flexibility index (Phi) is 18.6. The van der Waals surface area contributed by atoms with Gasteiger partial charge in [0.1, 0.15) is 23.2 Å². The number of halogens is 3. The summed E-state index contributed by atoms with van der Waals surface area (Å²) in [5.41, 5.74) is -1.10. The number of nitrogens with zero attached hydrogens (tertiary/aromatic N) is 4. The Hall–Kier alpha value is -4.93. The molecule has 0 bridgehead atoms. The summed E-state index contributed by atoms with van der Waals surface area (Å²) in [6.07, 6.45) is 6.08. The number of benzene rings is 2. The molecule has 2 aliphatic carbocycles. The largest absolute Gasteiger partial charge is 0.480 e. The van der Waals surface area contributed by atoms with Crippen LogP contribution in [0.5, 0.6) is 0 Å². The first-order chi connectivity index (χ1) is 29.9. The number of carboxylic acid groups (broad SMARTS) is 1. The quantitative estimate of drug-likeness (QED) is 0.150. The third-order valence-corrected chi connectivity index (χ3v) is 12.8. The summed E-state index contributed by atoms with van der Waals surface area (Å²) >= 11 is 18.1. The number of rotatable bonds is 9. The number of likely N-dealkylation sites (tertiary alicyclic amines) is 2. The number of ketones is 2. The van der Waals surface area contributed by atoms with Crippen molar-refractivity contribution in [3.05, 3.63) is 69.7 Å². The molecule has 2 aromatic rings. The average molecular weight is 938 g/mol. The predicted molar refractivity (Wildman–Crippen MR) is 232 cm³/mol. The Bertz CT molecular complexity index is 2000. The normalized spacial score (nSPS) is 23.0. The molecule has 2 aromatic carbocycles. The van der Waals surface area contributed by atoms with E-state index < -0.39 is 54.1 Å². The molecule has 16 nitrogen and oxygen atoms in total. The van der Waals surface area contributed by atoms with Gasteiger partial charge >= 0.3 is 24.1 Å². The van der Waals surface area contributed by atoms with Crippen molar-refractivity contribution < 1.29 is 57.7 Å². The van der Waals surface area contributed by atoms with Crippen LogP contribution in [0, 0.1) is 0 Å². The van der Waals surface area contributed by atoms with Gasteiger partial charge in [-0.05, 0) is 76.3 Å². The Balaban J connectivity index is 0.000000233. The van der Waals surface area contributed by atoms with Gasteiger partial charge in [0.15, 0.2) is 17.6 Å². The fraction of sp³-hybridized carbons (Fsp3) is 0.545. The van der Waals surface area contributed by atoms with Crippen molar-refractivity contribution in [2.24, 2.45) is 0 Å².